The maximum absolute atomic E-state index is 12.2. The molecule has 2 heterocycles. The van der Waals surface area contributed by atoms with Crippen molar-refractivity contribution in [2.75, 3.05) is 13.1 Å². The van der Waals surface area contributed by atoms with Gasteiger partial charge in [0.2, 0.25) is 5.91 Å². The van der Waals surface area contributed by atoms with E-state index in [-0.39, 0.29) is 11.9 Å². The van der Waals surface area contributed by atoms with Gasteiger partial charge in [-0.1, -0.05) is 0 Å². The minimum atomic E-state index is 0.195. The number of carbonyl (C=O) groups is 1. The molecule has 1 N–H and O–H groups in total. The molecular weight excluding hydrogens is 226 g/mol. The lowest BCUT2D eigenvalue weighted by Crippen LogP contribution is -2.45. The van der Waals surface area contributed by atoms with Gasteiger partial charge in [0.05, 0.1) is 12.6 Å². The topological polar surface area (TPSA) is 37.3 Å². The van der Waals surface area contributed by atoms with E-state index in [0.29, 0.717) is 12.6 Å². The molecule has 1 aliphatic carbocycles. The molecule has 0 aromatic carbocycles. The molecular formula is C14H21N3O. The first-order chi connectivity index (χ1) is 8.66. The summed E-state index contributed by atoms with van der Waals surface area (Å²) >= 11 is 0. The molecule has 1 amide bonds. The number of carbonyl (C=O) groups excluding carboxylic acids is 1. The van der Waals surface area contributed by atoms with Crippen molar-refractivity contribution < 1.29 is 4.79 Å². The first-order valence-corrected chi connectivity index (χ1v) is 6.85. The SMILES string of the molecule is Cc1ccc2n1CCN(C(=O)CNC1CC1)C2C. The molecule has 4 nitrogen and oxygen atoms in total. The van der Waals surface area contributed by atoms with E-state index < -0.39 is 0 Å². The van der Waals surface area contributed by atoms with Gasteiger partial charge in [-0.15, -0.1) is 0 Å². The van der Waals surface area contributed by atoms with Crippen molar-refractivity contribution in [2.45, 2.75) is 45.3 Å². The van der Waals surface area contributed by atoms with Crippen LogP contribution in [0.3, 0.4) is 0 Å². The number of aromatic nitrogens is 1. The molecule has 18 heavy (non-hydrogen) atoms. The Morgan fingerprint density at radius 1 is 1.39 bits per heavy atom. The number of hydrogen-bond donors (Lipinski definition) is 1. The van der Waals surface area contributed by atoms with Gasteiger partial charge in [0.1, 0.15) is 0 Å². The highest BCUT2D eigenvalue weighted by Crippen LogP contribution is 2.27. The van der Waals surface area contributed by atoms with Gasteiger partial charge in [-0.25, -0.2) is 0 Å². The van der Waals surface area contributed by atoms with Gasteiger partial charge in [0.25, 0.3) is 0 Å². The molecule has 0 saturated heterocycles. The molecule has 1 saturated carbocycles. The van der Waals surface area contributed by atoms with Crippen molar-refractivity contribution in [2.24, 2.45) is 0 Å². The standard InChI is InChI=1S/C14H21N3O/c1-10-3-6-13-11(2)17(8-7-16(10)13)14(18)9-15-12-4-5-12/h3,6,11-12,15H,4-5,7-9H2,1-2H3. The summed E-state index contributed by atoms with van der Waals surface area (Å²) in [6, 6.07) is 5.08. The van der Waals surface area contributed by atoms with E-state index in [9.17, 15) is 4.79 Å². The maximum Gasteiger partial charge on any atom is 0.237 e. The van der Waals surface area contributed by atoms with Crippen LogP contribution >= 0.6 is 0 Å². The zero-order valence-electron chi connectivity index (χ0n) is 11.1. The molecule has 98 valence electrons. The van der Waals surface area contributed by atoms with E-state index in [4.69, 9.17) is 0 Å². The fourth-order valence-corrected chi connectivity index (χ4v) is 2.78. The van der Waals surface area contributed by atoms with Crippen molar-refractivity contribution in [3.05, 3.63) is 23.5 Å². The molecule has 2 aliphatic rings. The van der Waals surface area contributed by atoms with Gasteiger partial charge in [-0.3, -0.25) is 4.79 Å². The second kappa shape index (κ2) is 4.43. The highest BCUT2D eigenvalue weighted by molar-refractivity contribution is 5.79. The second-order valence-corrected chi connectivity index (χ2v) is 5.47. The minimum absolute atomic E-state index is 0.195. The molecule has 3 rings (SSSR count). The zero-order valence-corrected chi connectivity index (χ0v) is 11.1. The maximum atomic E-state index is 12.2. The Morgan fingerprint density at radius 3 is 2.89 bits per heavy atom. The van der Waals surface area contributed by atoms with Crippen molar-refractivity contribution in [1.82, 2.24) is 14.8 Å². The molecule has 1 atom stereocenters. The van der Waals surface area contributed by atoms with Gasteiger partial charge in [-0.05, 0) is 38.8 Å². The third kappa shape index (κ3) is 2.05. The fraction of sp³-hybridized carbons (Fsp3) is 0.643. The quantitative estimate of drug-likeness (QED) is 0.878. The van der Waals surface area contributed by atoms with Crippen LogP contribution in [-0.2, 0) is 11.3 Å². The normalized spacial score (nSPS) is 23.0. The Labute approximate surface area is 108 Å². The van der Waals surface area contributed by atoms with E-state index in [1.165, 1.54) is 24.2 Å². The highest BCUT2D eigenvalue weighted by Gasteiger charge is 2.29. The molecule has 1 aliphatic heterocycles. The van der Waals surface area contributed by atoms with Crippen molar-refractivity contribution >= 4 is 5.91 Å². The zero-order chi connectivity index (χ0) is 12.7. The summed E-state index contributed by atoms with van der Waals surface area (Å²) in [6.45, 7) is 6.50. The van der Waals surface area contributed by atoms with Crippen LogP contribution in [0.5, 0.6) is 0 Å². The molecule has 0 radical (unpaired) electrons. The Morgan fingerprint density at radius 2 is 2.17 bits per heavy atom. The molecule has 4 heteroatoms. The lowest BCUT2D eigenvalue weighted by molar-refractivity contribution is -0.133. The number of nitrogens with one attached hydrogen (secondary N) is 1. The highest BCUT2D eigenvalue weighted by atomic mass is 16.2. The number of fused-ring (bicyclic) bond motifs is 1. The fourth-order valence-electron chi connectivity index (χ4n) is 2.78. The Hall–Kier alpha value is -1.29. The number of aryl methyl sites for hydroxylation is 1. The predicted molar refractivity (Wildman–Crippen MR) is 70.3 cm³/mol. The lowest BCUT2D eigenvalue weighted by Gasteiger charge is -2.35. The summed E-state index contributed by atoms with van der Waals surface area (Å²) in [6.07, 6.45) is 2.45. The smallest absolute Gasteiger partial charge is 0.237 e. The van der Waals surface area contributed by atoms with Crippen LogP contribution in [0.15, 0.2) is 12.1 Å². The number of hydrogen-bond acceptors (Lipinski definition) is 2. The van der Waals surface area contributed by atoms with Crippen molar-refractivity contribution in [1.29, 1.82) is 0 Å². The summed E-state index contributed by atoms with van der Waals surface area (Å²) < 4.78 is 2.32. The average molecular weight is 247 g/mol. The average Bonchev–Trinajstić information content (AvgIpc) is 3.11. The molecule has 1 aromatic heterocycles. The summed E-state index contributed by atoms with van der Waals surface area (Å²) in [5.74, 6) is 0.236. The van der Waals surface area contributed by atoms with Crippen molar-refractivity contribution in [3.8, 4) is 0 Å². The van der Waals surface area contributed by atoms with E-state index >= 15 is 0 Å². The summed E-state index contributed by atoms with van der Waals surface area (Å²) in [5.41, 5.74) is 2.55. The van der Waals surface area contributed by atoms with Crippen LogP contribution in [0.25, 0.3) is 0 Å². The number of amides is 1. The van der Waals surface area contributed by atoms with E-state index in [2.05, 4.69) is 35.9 Å². The number of rotatable bonds is 3. The second-order valence-electron chi connectivity index (χ2n) is 5.47. The van der Waals surface area contributed by atoms with Crippen LogP contribution in [0.2, 0.25) is 0 Å². The predicted octanol–water partition coefficient (Wildman–Crippen LogP) is 1.45. The molecule has 1 unspecified atom stereocenters. The molecule has 0 spiro atoms. The van der Waals surface area contributed by atoms with Gasteiger partial charge in [0, 0.05) is 30.5 Å². The molecule has 1 fully saturated rings. The Kier molecular flexibility index (Phi) is 2.90. The third-order valence-electron chi connectivity index (χ3n) is 4.13. The monoisotopic (exact) mass is 247 g/mol. The van der Waals surface area contributed by atoms with Gasteiger partial charge < -0.3 is 14.8 Å². The van der Waals surface area contributed by atoms with Crippen LogP contribution in [0.1, 0.15) is 37.2 Å². The van der Waals surface area contributed by atoms with E-state index in [1.54, 1.807) is 0 Å². The largest absolute Gasteiger partial charge is 0.345 e. The lowest BCUT2D eigenvalue weighted by atomic mass is 10.1. The third-order valence-corrected chi connectivity index (χ3v) is 4.13. The van der Waals surface area contributed by atoms with Crippen molar-refractivity contribution in [3.63, 3.8) is 0 Å². The van der Waals surface area contributed by atoms with Gasteiger partial charge in [-0.2, -0.15) is 0 Å². The number of nitrogens with zero attached hydrogens (tertiary/aromatic N) is 2. The van der Waals surface area contributed by atoms with Crippen LogP contribution in [-0.4, -0.2) is 34.5 Å². The summed E-state index contributed by atoms with van der Waals surface area (Å²) in [5, 5.41) is 3.31. The Bertz CT molecular complexity index is 462. The van der Waals surface area contributed by atoms with E-state index in [1.807, 2.05) is 4.90 Å². The summed E-state index contributed by atoms with van der Waals surface area (Å²) in [4.78, 5) is 14.2. The Balaban J connectivity index is 1.69. The van der Waals surface area contributed by atoms with Gasteiger partial charge in [0.15, 0.2) is 0 Å². The summed E-state index contributed by atoms with van der Waals surface area (Å²) in [7, 11) is 0. The molecule has 1 aromatic rings. The molecule has 0 bridgehead atoms. The first kappa shape index (κ1) is 11.8. The minimum Gasteiger partial charge on any atom is -0.345 e. The first-order valence-electron chi connectivity index (χ1n) is 6.85. The van der Waals surface area contributed by atoms with Crippen LogP contribution in [0, 0.1) is 6.92 Å². The van der Waals surface area contributed by atoms with Crippen LogP contribution < -0.4 is 5.32 Å². The van der Waals surface area contributed by atoms with Crippen LogP contribution in [0.4, 0.5) is 0 Å². The van der Waals surface area contributed by atoms with Gasteiger partial charge >= 0.3 is 0 Å². The van der Waals surface area contributed by atoms with E-state index in [0.717, 1.165) is 13.1 Å².